The van der Waals surface area contributed by atoms with Gasteiger partial charge in [0.05, 0.1) is 41.1 Å². The molecule has 5 rings (SSSR count). The van der Waals surface area contributed by atoms with Gasteiger partial charge in [-0.2, -0.15) is 5.10 Å². The van der Waals surface area contributed by atoms with E-state index in [9.17, 15) is 9.90 Å². The van der Waals surface area contributed by atoms with E-state index in [4.69, 9.17) is 16.3 Å². The molecule has 1 aliphatic rings. The van der Waals surface area contributed by atoms with Gasteiger partial charge in [0.25, 0.3) is 0 Å². The molecule has 0 amide bonds. The Morgan fingerprint density at radius 3 is 2.76 bits per heavy atom. The number of carboxylic acid groups (broad SMARTS) is 1. The summed E-state index contributed by atoms with van der Waals surface area (Å²) < 4.78 is 39.1. The van der Waals surface area contributed by atoms with Crippen molar-refractivity contribution >= 4 is 40.2 Å². The molecule has 2 heterocycles. The summed E-state index contributed by atoms with van der Waals surface area (Å²) in [4.78, 5) is 12.3. The third kappa shape index (κ3) is 3.97. The minimum atomic E-state index is -1.34. The molecule has 0 unspecified atom stereocenters. The minimum absolute atomic E-state index is 0.0176. The van der Waals surface area contributed by atoms with Crippen LogP contribution in [0.15, 0.2) is 52.5 Å². The summed E-state index contributed by atoms with van der Waals surface area (Å²) in [5.41, 5.74) is 1.39. The second kappa shape index (κ2) is 9.05. The topological polar surface area (TPSA) is 69.3 Å². The lowest BCUT2D eigenvalue weighted by Crippen LogP contribution is -2.04. The zero-order valence-corrected chi connectivity index (χ0v) is 19.7. The van der Waals surface area contributed by atoms with Crippen molar-refractivity contribution in [3.05, 3.63) is 70.6 Å². The third-order valence-corrected chi connectivity index (χ3v) is 7.24. The van der Waals surface area contributed by atoms with Crippen LogP contribution in [0.1, 0.15) is 34.8 Å². The zero-order valence-electron chi connectivity index (χ0n) is 18.1. The molecule has 2 aromatic carbocycles. The summed E-state index contributed by atoms with van der Waals surface area (Å²) in [7, 11) is 1.61. The Labute approximate surface area is 203 Å². The van der Waals surface area contributed by atoms with Crippen molar-refractivity contribution in [1.82, 2.24) is 14.3 Å². The first-order valence-corrected chi connectivity index (χ1v) is 11.8. The summed E-state index contributed by atoms with van der Waals surface area (Å²) in [6.07, 6.45) is 5.29. The van der Waals surface area contributed by atoms with E-state index in [2.05, 4.69) is 5.10 Å². The SMILES string of the molecule is COCCn1cc(-n2c(C3CC3)c(Sc3cccc(C(=O)O)c3F)c3ccc(Cl)c(F)c32)cn1. The Morgan fingerprint density at radius 2 is 2.06 bits per heavy atom. The number of methoxy groups -OCH3 is 1. The highest BCUT2D eigenvalue weighted by Gasteiger charge is 2.35. The standard InChI is InChI=1S/C24H20ClF2N3O3S/c1-33-10-9-29-12-14(11-28-29)30-21(13-5-6-13)23(16-7-8-17(25)20(27)22(16)30)34-18-4-2-3-15(19(18)26)24(31)32/h2-4,7-8,11-13H,5-6,9-10H2,1H3,(H,31,32). The maximum atomic E-state index is 15.5. The second-order valence-corrected chi connectivity index (χ2v) is 9.52. The molecular formula is C24H20ClF2N3O3S. The van der Waals surface area contributed by atoms with Gasteiger partial charge < -0.3 is 14.4 Å². The fraction of sp³-hybridized carbons (Fsp3) is 0.250. The number of halogens is 3. The van der Waals surface area contributed by atoms with Crippen LogP contribution >= 0.6 is 23.4 Å². The summed E-state index contributed by atoms with van der Waals surface area (Å²) in [6.45, 7) is 1.01. The van der Waals surface area contributed by atoms with Crippen LogP contribution in [-0.2, 0) is 11.3 Å². The molecule has 0 saturated heterocycles. The van der Waals surface area contributed by atoms with E-state index < -0.39 is 23.2 Å². The van der Waals surface area contributed by atoms with Gasteiger partial charge in [-0.15, -0.1) is 0 Å². The van der Waals surface area contributed by atoms with Crippen LogP contribution in [-0.4, -0.2) is 39.1 Å². The van der Waals surface area contributed by atoms with Gasteiger partial charge in [0.15, 0.2) is 11.6 Å². The molecule has 34 heavy (non-hydrogen) atoms. The minimum Gasteiger partial charge on any atom is -0.478 e. The second-order valence-electron chi connectivity index (χ2n) is 8.06. The largest absolute Gasteiger partial charge is 0.478 e. The highest BCUT2D eigenvalue weighted by Crippen LogP contribution is 2.51. The molecule has 176 valence electrons. The third-order valence-electron chi connectivity index (χ3n) is 5.78. The van der Waals surface area contributed by atoms with Crippen LogP contribution in [0.3, 0.4) is 0 Å². The highest BCUT2D eigenvalue weighted by molar-refractivity contribution is 7.99. The van der Waals surface area contributed by atoms with E-state index in [1.54, 1.807) is 24.1 Å². The highest BCUT2D eigenvalue weighted by atomic mass is 35.5. The Morgan fingerprint density at radius 1 is 1.26 bits per heavy atom. The molecule has 1 fully saturated rings. The molecule has 0 bridgehead atoms. The molecular weight excluding hydrogens is 484 g/mol. The molecule has 1 N–H and O–H groups in total. The molecule has 0 spiro atoms. The van der Waals surface area contributed by atoms with Crippen molar-refractivity contribution < 1.29 is 23.4 Å². The fourth-order valence-electron chi connectivity index (χ4n) is 4.04. The number of ether oxygens (including phenoxy) is 1. The first-order chi connectivity index (χ1) is 16.4. The van der Waals surface area contributed by atoms with E-state index in [-0.39, 0.29) is 21.4 Å². The Kier molecular flexibility index (Phi) is 6.09. The Hall–Kier alpha value is -2.88. The van der Waals surface area contributed by atoms with Crippen molar-refractivity contribution in [2.45, 2.75) is 35.1 Å². The van der Waals surface area contributed by atoms with Gasteiger partial charge in [0.1, 0.15) is 0 Å². The van der Waals surface area contributed by atoms with Gasteiger partial charge in [0, 0.05) is 40.1 Å². The summed E-state index contributed by atoms with van der Waals surface area (Å²) >= 11 is 7.27. The van der Waals surface area contributed by atoms with Crippen LogP contribution in [0, 0.1) is 11.6 Å². The predicted octanol–water partition coefficient (Wildman–Crippen LogP) is 6.13. The quantitative estimate of drug-likeness (QED) is 0.313. The van der Waals surface area contributed by atoms with Crippen molar-refractivity contribution in [2.75, 3.05) is 13.7 Å². The average molecular weight is 504 g/mol. The van der Waals surface area contributed by atoms with Gasteiger partial charge in [-0.25, -0.2) is 13.6 Å². The molecule has 6 nitrogen and oxygen atoms in total. The number of nitrogens with zero attached hydrogens (tertiary/aromatic N) is 3. The van der Waals surface area contributed by atoms with Crippen molar-refractivity contribution in [2.24, 2.45) is 0 Å². The summed E-state index contributed by atoms with van der Waals surface area (Å²) in [6, 6.07) is 7.46. The molecule has 4 aromatic rings. The summed E-state index contributed by atoms with van der Waals surface area (Å²) in [5, 5.41) is 14.3. The smallest absolute Gasteiger partial charge is 0.338 e. The van der Waals surface area contributed by atoms with Crippen LogP contribution < -0.4 is 0 Å². The summed E-state index contributed by atoms with van der Waals surface area (Å²) in [5.74, 6) is -2.58. The first-order valence-electron chi connectivity index (χ1n) is 10.6. The van der Waals surface area contributed by atoms with Crippen molar-refractivity contribution in [1.29, 1.82) is 0 Å². The van der Waals surface area contributed by atoms with Gasteiger partial charge in [0.2, 0.25) is 0 Å². The Balaban J connectivity index is 1.73. The molecule has 1 aliphatic carbocycles. The maximum absolute atomic E-state index is 15.5. The lowest BCUT2D eigenvalue weighted by atomic mass is 10.2. The molecule has 0 atom stereocenters. The lowest BCUT2D eigenvalue weighted by Gasteiger charge is -2.11. The molecule has 0 radical (unpaired) electrons. The average Bonchev–Trinajstić information content (AvgIpc) is 3.45. The van der Waals surface area contributed by atoms with Crippen LogP contribution in [0.4, 0.5) is 8.78 Å². The van der Waals surface area contributed by atoms with Crippen LogP contribution in [0.25, 0.3) is 16.6 Å². The van der Waals surface area contributed by atoms with Crippen molar-refractivity contribution in [3.8, 4) is 5.69 Å². The van der Waals surface area contributed by atoms with Crippen molar-refractivity contribution in [3.63, 3.8) is 0 Å². The monoisotopic (exact) mass is 503 g/mol. The molecule has 0 aliphatic heterocycles. The fourth-order valence-corrected chi connectivity index (χ4v) is 5.40. The number of rotatable bonds is 8. The van der Waals surface area contributed by atoms with Gasteiger partial charge in [-0.05, 0) is 37.1 Å². The number of fused-ring (bicyclic) bond motifs is 1. The number of carboxylic acids is 1. The van der Waals surface area contributed by atoms with Gasteiger partial charge in [-0.3, -0.25) is 4.68 Å². The molecule has 2 aromatic heterocycles. The number of benzene rings is 2. The van der Waals surface area contributed by atoms with E-state index >= 15 is 8.78 Å². The van der Waals surface area contributed by atoms with E-state index in [1.807, 2.05) is 10.8 Å². The van der Waals surface area contributed by atoms with Crippen LogP contribution in [0.2, 0.25) is 5.02 Å². The van der Waals surface area contributed by atoms with E-state index in [0.717, 1.165) is 30.3 Å². The lowest BCUT2D eigenvalue weighted by molar-refractivity contribution is 0.0691. The normalized spacial score (nSPS) is 13.6. The molecule has 10 heteroatoms. The van der Waals surface area contributed by atoms with Gasteiger partial charge in [-0.1, -0.05) is 29.4 Å². The Bertz CT molecular complexity index is 1410. The number of carbonyl (C=O) groups is 1. The zero-order chi connectivity index (χ0) is 24.0. The number of aromatic nitrogens is 3. The molecule has 1 saturated carbocycles. The first kappa shape index (κ1) is 22.9. The van der Waals surface area contributed by atoms with E-state index in [0.29, 0.717) is 29.1 Å². The number of aromatic carboxylic acids is 1. The predicted molar refractivity (Wildman–Crippen MR) is 125 cm³/mol. The van der Waals surface area contributed by atoms with Gasteiger partial charge >= 0.3 is 5.97 Å². The number of hydrogen-bond acceptors (Lipinski definition) is 4. The van der Waals surface area contributed by atoms with Crippen LogP contribution in [0.5, 0.6) is 0 Å². The maximum Gasteiger partial charge on any atom is 0.338 e. The van der Waals surface area contributed by atoms with E-state index in [1.165, 1.54) is 24.3 Å². The number of hydrogen-bond donors (Lipinski definition) is 1.